The third-order valence-corrected chi connectivity index (χ3v) is 7.81. The van der Waals surface area contributed by atoms with Crippen LogP contribution in [0, 0.1) is 5.82 Å². The van der Waals surface area contributed by atoms with Gasteiger partial charge in [-0.05, 0) is 60.2 Å². The Balaban J connectivity index is 1.40. The van der Waals surface area contributed by atoms with Gasteiger partial charge in [0.25, 0.3) is 0 Å². The van der Waals surface area contributed by atoms with E-state index >= 15 is 0 Å². The van der Waals surface area contributed by atoms with Crippen LogP contribution < -0.4 is 15.1 Å². The van der Waals surface area contributed by atoms with Gasteiger partial charge in [0, 0.05) is 39.3 Å². The van der Waals surface area contributed by atoms with Crippen molar-refractivity contribution in [3.63, 3.8) is 0 Å². The van der Waals surface area contributed by atoms with Crippen molar-refractivity contribution in [3.8, 4) is 0 Å². The number of nitrogens with zero attached hydrogens (tertiary/aromatic N) is 6. The highest BCUT2D eigenvalue weighted by atomic mass is 32.2. The molecule has 0 fully saturated rings. The first-order valence-corrected chi connectivity index (χ1v) is 14.5. The van der Waals surface area contributed by atoms with Gasteiger partial charge in [0.15, 0.2) is 9.84 Å². The summed E-state index contributed by atoms with van der Waals surface area (Å²) < 4.78 is 38.9. The number of hydrogen-bond donors (Lipinski definition) is 1. The first-order valence-electron chi connectivity index (χ1n) is 12.6. The number of rotatable bonds is 8. The third-order valence-electron chi connectivity index (χ3n) is 6.68. The molecular formula is C29H28FN7O3S. The van der Waals surface area contributed by atoms with Crippen LogP contribution in [0.4, 0.5) is 33.5 Å². The zero-order chi connectivity index (χ0) is 29.3. The van der Waals surface area contributed by atoms with Crippen molar-refractivity contribution in [2.45, 2.75) is 11.3 Å². The molecule has 0 atom stereocenters. The molecule has 3 aromatic carbocycles. The summed E-state index contributed by atoms with van der Waals surface area (Å²) in [6.45, 7) is 0. The number of anilines is 5. The first kappa shape index (κ1) is 27.7. The Morgan fingerprint density at radius 2 is 1.71 bits per heavy atom. The number of fused-ring (bicyclic) bond motifs is 1. The fourth-order valence-electron chi connectivity index (χ4n) is 4.43. The van der Waals surface area contributed by atoms with Crippen molar-refractivity contribution in [1.29, 1.82) is 0 Å². The Labute approximate surface area is 237 Å². The molecule has 41 heavy (non-hydrogen) atoms. The second kappa shape index (κ2) is 11.0. The summed E-state index contributed by atoms with van der Waals surface area (Å²) in [5, 5.41) is 2.83. The van der Waals surface area contributed by atoms with E-state index in [1.54, 1.807) is 65.2 Å². The standard InChI is InChI=1S/C29H28FN7O3S/c1-35(21-11-13-22(14-12-21)41(4,39)40)28-31-16-15-25(32-28)36(2)23-9-6-10-24-27(23)34-29(37(24)3)33-26(38)18-19-7-5-8-20(30)17-19/h5-17H,18H2,1-4H3,(H,33,34,38). The van der Waals surface area contributed by atoms with Gasteiger partial charge in [-0.2, -0.15) is 4.98 Å². The van der Waals surface area contributed by atoms with E-state index in [-0.39, 0.29) is 17.2 Å². The summed E-state index contributed by atoms with van der Waals surface area (Å²) in [4.78, 5) is 30.4. The third kappa shape index (κ3) is 5.87. The number of hydrogen-bond acceptors (Lipinski definition) is 8. The van der Waals surface area contributed by atoms with Gasteiger partial charge in [0.2, 0.25) is 17.8 Å². The van der Waals surface area contributed by atoms with Gasteiger partial charge in [-0.1, -0.05) is 18.2 Å². The SMILES string of the molecule is CN(c1ccc(S(C)(=O)=O)cc1)c1nccc(N(C)c2cccc3c2nc(NC(=O)Cc2cccc(F)c2)n3C)n1. The lowest BCUT2D eigenvalue weighted by Crippen LogP contribution is -2.17. The highest BCUT2D eigenvalue weighted by Gasteiger charge is 2.18. The lowest BCUT2D eigenvalue weighted by molar-refractivity contribution is -0.115. The number of halogens is 1. The fourth-order valence-corrected chi connectivity index (χ4v) is 5.06. The zero-order valence-electron chi connectivity index (χ0n) is 22.9. The van der Waals surface area contributed by atoms with Gasteiger partial charge in [-0.25, -0.2) is 22.8 Å². The molecule has 1 N–H and O–H groups in total. The zero-order valence-corrected chi connectivity index (χ0v) is 23.7. The molecule has 0 bridgehead atoms. The maximum atomic E-state index is 13.5. The minimum Gasteiger partial charge on any atom is -0.327 e. The number of benzene rings is 3. The number of aryl methyl sites for hydroxylation is 1. The van der Waals surface area contributed by atoms with Crippen LogP contribution in [0.1, 0.15) is 5.56 Å². The molecule has 0 unspecified atom stereocenters. The lowest BCUT2D eigenvalue weighted by Gasteiger charge is -2.22. The summed E-state index contributed by atoms with van der Waals surface area (Å²) in [6, 6.07) is 19.9. The van der Waals surface area contributed by atoms with Gasteiger partial charge in [-0.15, -0.1) is 0 Å². The summed E-state index contributed by atoms with van der Waals surface area (Å²) in [5.74, 6) is 0.680. The van der Waals surface area contributed by atoms with Crippen molar-refractivity contribution in [1.82, 2.24) is 19.5 Å². The van der Waals surface area contributed by atoms with Crippen LogP contribution in [0.3, 0.4) is 0 Å². The molecule has 0 radical (unpaired) electrons. The van der Waals surface area contributed by atoms with E-state index in [1.807, 2.05) is 37.2 Å². The topological polar surface area (TPSA) is 113 Å². The number of carbonyl (C=O) groups is 1. The molecule has 10 nitrogen and oxygen atoms in total. The van der Waals surface area contributed by atoms with Crippen LogP contribution in [0.2, 0.25) is 0 Å². The van der Waals surface area contributed by atoms with Crippen molar-refractivity contribution in [2.75, 3.05) is 35.5 Å². The molecular weight excluding hydrogens is 545 g/mol. The first-order chi connectivity index (χ1) is 19.5. The number of sulfone groups is 1. The molecule has 1 amide bonds. The highest BCUT2D eigenvalue weighted by molar-refractivity contribution is 7.90. The lowest BCUT2D eigenvalue weighted by atomic mass is 10.1. The van der Waals surface area contributed by atoms with Crippen LogP contribution in [0.5, 0.6) is 0 Å². The molecule has 210 valence electrons. The predicted octanol–water partition coefficient (Wildman–Crippen LogP) is 4.62. The monoisotopic (exact) mass is 573 g/mol. The van der Waals surface area contributed by atoms with Crippen molar-refractivity contribution in [2.24, 2.45) is 7.05 Å². The summed E-state index contributed by atoms with van der Waals surface area (Å²) in [6.07, 6.45) is 2.83. The van der Waals surface area contributed by atoms with E-state index in [0.29, 0.717) is 28.8 Å². The molecule has 0 spiro atoms. The van der Waals surface area contributed by atoms with Gasteiger partial charge in [-0.3, -0.25) is 10.1 Å². The highest BCUT2D eigenvalue weighted by Crippen LogP contribution is 2.32. The Hall–Kier alpha value is -4.84. The van der Waals surface area contributed by atoms with E-state index in [9.17, 15) is 17.6 Å². The Bertz CT molecular complexity index is 1860. The van der Waals surface area contributed by atoms with Crippen LogP contribution in [-0.2, 0) is 28.1 Å². The molecule has 0 saturated heterocycles. The average Bonchev–Trinajstić information content (AvgIpc) is 3.26. The number of aromatic nitrogens is 4. The molecule has 5 rings (SSSR count). The fraction of sp³-hybridized carbons (Fsp3) is 0.172. The number of imidazole rings is 1. The maximum absolute atomic E-state index is 13.5. The van der Waals surface area contributed by atoms with E-state index in [2.05, 4.69) is 10.3 Å². The molecule has 2 heterocycles. The van der Waals surface area contributed by atoms with Gasteiger partial charge < -0.3 is 14.4 Å². The number of carbonyl (C=O) groups excluding carboxylic acids is 1. The summed E-state index contributed by atoms with van der Waals surface area (Å²) >= 11 is 0. The molecule has 2 aromatic heterocycles. The number of nitrogens with one attached hydrogen (secondary N) is 1. The molecule has 5 aromatic rings. The smallest absolute Gasteiger partial charge is 0.231 e. The molecule has 0 aliphatic heterocycles. The Morgan fingerprint density at radius 3 is 2.41 bits per heavy atom. The Kier molecular flexibility index (Phi) is 7.41. The molecule has 12 heteroatoms. The van der Waals surface area contributed by atoms with Crippen LogP contribution in [0.25, 0.3) is 11.0 Å². The van der Waals surface area contributed by atoms with E-state index in [0.717, 1.165) is 16.9 Å². The summed E-state index contributed by atoms with van der Waals surface area (Å²) in [5.41, 5.74) is 3.50. The van der Waals surface area contributed by atoms with E-state index in [1.165, 1.54) is 18.4 Å². The van der Waals surface area contributed by atoms with Crippen molar-refractivity contribution in [3.05, 3.63) is 90.4 Å². The summed E-state index contributed by atoms with van der Waals surface area (Å²) in [7, 11) is 2.17. The van der Waals surface area contributed by atoms with Crippen LogP contribution in [0.15, 0.2) is 83.9 Å². The van der Waals surface area contributed by atoms with E-state index in [4.69, 9.17) is 9.97 Å². The number of para-hydroxylation sites is 1. The van der Waals surface area contributed by atoms with E-state index < -0.39 is 15.7 Å². The van der Waals surface area contributed by atoms with Gasteiger partial charge >= 0.3 is 0 Å². The normalized spacial score (nSPS) is 11.4. The molecule has 0 aliphatic carbocycles. The molecule has 0 saturated carbocycles. The average molecular weight is 574 g/mol. The second-order valence-corrected chi connectivity index (χ2v) is 11.6. The molecule has 0 aliphatic rings. The maximum Gasteiger partial charge on any atom is 0.231 e. The predicted molar refractivity (Wildman–Crippen MR) is 157 cm³/mol. The van der Waals surface area contributed by atoms with Crippen LogP contribution in [-0.4, -0.2) is 54.2 Å². The minimum absolute atomic E-state index is 0.0158. The van der Waals surface area contributed by atoms with Gasteiger partial charge in [0.1, 0.15) is 17.2 Å². The minimum atomic E-state index is -3.30. The van der Waals surface area contributed by atoms with Crippen molar-refractivity contribution >= 4 is 55.9 Å². The van der Waals surface area contributed by atoms with Crippen molar-refractivity contribution < 1.29 is 17.6 Å². The number of amides is 1. The van der Waals surface area contributed by atoms with Crippen LogP contribution >= 0.6 is 0 Å². The second-order valence-electron chi connectivity index (χ2n) is 9.59. The quantitative estimate of drug-likeness (QED) is 0.286. The van der Waals surface area contributed by atoms with Gasteiger partial charge in [0.05, 0.1) is 22.5 Å². The Morgan fingerprint density at radius 1 is 0.976 bits per heavy atom. The largest absolute Gasteiger partial charge is 0.327 e.